The third-order valence-electron chi connectivity index (χ3n) is 0. The van der Waals surface area contributed by atoms with Crippen LogP contribution in [0.1, 0.15) is 0 Å². The van der Waals surface area contributed by atoms with E-state index in [-0.39, 0.29) is 62.3 Å². The van der Waals surface area contributed by atoms with E-state index < -0.39 is 0 Å². The van der Waals surface area contributed by atoms with E-state index in [0.717, 1.165) is 0 Å². The van der Waals surface area contributed by atoms with Crippen molar-refractivity contribution >= 4 is 17.4 Å². The molecule has 6 heavy (non-hydrogen) atoms. The zero-order chi connectivity index (χ0) is 0. The summed E-state index contributed by atoms with van der Waals surface area (Å²) in [6, 6.07) is 0. The van der Waals surface area contributed by atoms with Crippen LogP contribution in [0.5, 0.6) is 0 Å². The van der Waals surface area contributed by atoms with E-state index in [1.165, 1.54) is 0 Å². The second-order valence-corrected chi connectivity index (χ2v) is 0. The Balaban J connectivity index is 0. The van der Waals surface area contributed by atoms with Gasteiger partial charge in [0, 0.05) is 21.7 Å². The van der Waals surface area contributed by atoms with Gasteiger partial charge in [-0.15, -0.1) is 0 Å². The summed E-state index contributed by atoms with van der Waals surface area (Å²) >= 11 is 0. The Morgan fingerprint density at radius 3 is 0.667 bits per heavy atom. The quantitative estimate of drug-likeness (QED) is 0.367. The van der Waals surface area contributed by atoms with Crippen LogP contribution in [0, 0.1) is 0 Å². The molecule has 0 fully saturated rings. The van der Waals surface area contributed by atoms with E-state index in [4.69, 9.17) is 0 Å². The molecule has 4 nitrogen and oxygen atoms in total. The van der Waals surface area contributed by atoms with Crippen molar-refractivity contribution in [2.24, 2.45) is 0 Å². The Morgan fingerprint density at radius 1 is 0.667 bits per heavy atom. The SMILES string of the molecule is N.N.O.O.[AlH3].[Ti]. The molecular formula is H13AlN2O2Ti. The van der Waals surface area contributed by atoms with Gasteiger partial charge >= 0.3 is 0 Å². The van der Waals surface area contributed by atoms with E-state index in [0.29, 0.717) is 0 Å². The van der Waals surface area contributed by atoms with Gasteiger partial charge < -0.3 is 23.3 Å². The second kappa shape index (κ2) is 133. The molecule has 0 rings (SSSR count). The fourth-order valence-corrected chi connectivity index (χ4v) is 0. The summed E-state index contributed by atoms with van der Waals surface area (Å²) in [6.45, 7) is 0. The Morgan fingerprint density at radius 2 is 0.667 bits per heavy atom. The summed E-state index contributed by atoms with van der Waals surface area (Å²) in [7, 11) is 0. The van der Waals surface area contributed by atoms with Gasteiger partial charge in [-0.3, -0.25) is 0 Å². The van der Waals surface area contributed by atoms with E-state index in [1.54, 1.807) is 0 Å². The molecule has 0 atom stereocenters. The molecule has 0 saturated heterocycles. The van der Waals surface area contributed by atoms with Gasteiger partial charge in [-0.1, -0.05) is 0 Å². The number of rotatable bonds is 0. The van der Waals surface area contributed by atoms with Crippen molar-refractivity contribution in [1.29, 1.82) is 0 Å². The largest absolute Gasteiger partial charge is 0.412 e. The van der Waals surface area contributed by atoms with Crippen LogP contribution in [0.3, 0.4) is 0 Å². The minimum atomic E-state index is 0. The maximum Gasteiger partial charge on any atom is 0.187 e. The average molecular weight is 148 g/mol. The molecule has 6 heteroatoms. The number of hydrogen-bond acceptors (Lipinski definition) is 2. The molecule has 0 amide bonds. The van der Waals surface area contributed by atoms with Crippen molar-refractivity contribution in [2.75, 3.05) is 0 Å². The molecule has 0 bridgehead atoms. The van der Waals surface area contributed by atoms with Crippen LogP contribution in [0.15, 0.2) is 0 Å². The topological polar surface area (TPSA) is 133 Å². The van der Waals surface area contributed by atoms with Crippen molar-refractivity contribution < 1.29 is 32.7 Å². The van der Waals surface area contributed by atoms with E-state index in [2.05, 4.69) is 0 Å². The van der Waals surface area contributed by atoms with E-state index in [1.807, 2.05) is 0 Å². The number of hydrogen-bond donors (Lipinski definition) is 2. The predicted molar refractivity (Wildman–Crippen MR) is 27.2 cm³/mol. The summed E-state index contributed by atoms with van der Waals surface area (Å²) in [4.78, 5) is 0. The zero-order valence-electron chi connectivity index (χ0n) is 2.91. The summed E-state index contributed by atoms with van der Waals surface area (Å²) in [5.74, 6) is 0. The standard InChI is InChI=1S/Al.2H3N.2H2O.Ti.3H/h;2*1H3;2*1H2;;;;. The molecule has 0 spiro atoms. The molecule has 0 unspecified atom stereocenters. The Labute approximate surface area is 62.5 Å². The summed E-state index contributed by atoms with van der Waals surface area (Å²) < 4.78 is 0. The summed E-state index contributed by atoms with van der Waals surface area (Å²) in [6.07, 6.45) is 0. The maximum absolute atomic E-state index is 0. The molecule has 0 aromatic carbocycles. The van der Waals surface area contributed by atoms with Crippen LogP contribution in [0.2, 0.25) is 0 Å². The first-order valence-electron chi connectivity index (χ1n) is 0. The van der Waals surface area contributed by atoms with Gasteiger partial charge in [0.15, 0.2) is 17.4 Å². The third-order valence-corrected chi connectivity index (χ3v) is 0. The predicted octanol–water partition coefficient (Wildman–Crippen LogP) is -2.51. The molecule has 0 aromatic heterocycles. The molecule has 0 aliphatic heterocycles. The first kappa shape index (κ1) is 222. The van der Waals surface area contributed by atoms with Crippen LogP contribution in [-0.4, -0.2) is 28.3 Å². The van der Waals surface area contributed by atoms with Crippen molar-refractivity contribution in [1.82, 2.24) is 12.3 Å². The van der Waals surface area contributed by atoms with Gasteiger partial charge in [-0.05, 0) is 0 Å². The summed E-state index contributed by atoms with van der Waals surface area (Å²) in [5.41, 5.74) is 0. The Kier molecular flexibility index (Phi) is 4940. The average Bonchev–Trinajstić information content (AvgIpc) is 0. The van der Waals surface area contributed by atoms with Crippen LogP contribution in [-0.2, 0) is 21.7 Å². The minimum Gasteiger partial charge on any atom is -0.412 e. The monoisotopic (exact) mass is 148 g/mol. The summed E-state index contributed by atoms with van der Waals surface area (Å²) in [5, 5.41) is 0. The molecule has 0 saturated carbocycles. The first-order valence-corrected chi connectivity index (χ1v) is 0. The van der Waals surface area contributed by atoms with E-state index >= 15 is 0 Å². The molecule has 10 N–H and O–H groups in total. The van der Waals surface area contributed by atoms with Crippen molar-refractivity contribution in [2.45, 2.75) is 0 Å². The van der Waals surface area contributed by atoms with Crippen molar-refractivity contribution in [3.8, 4) is 0 Å². The van der Waals surface area contributed by atoms with E-state index in [9.17, 15) is 0 Å². The van der Waals surface area contributed by atoms with Gasteiger partial charge in [0.25, 0.3) is 0 Å². The fraction of sp³-hybridized carbons (Fsp3) is 0. The Hall–Kier alpha value is 1.09. The van der Waals surface area contributed by atoms with Gasteiger partial charge in [0.1, 0.15) is 0 Å². The molecule has 0 aliphatic rings. The van der Waals surface area contributed by atoms with Gasteiger partial charge in [0.05, 0.1) is 0 Å². The third kappa shape index (κ3) is 71.9. The molecule has 42 valence electrons. The first-order chi connectivity index (χ1) is 0. The van der Waals surface area contributed by atoms with Gasteiger partial charge in [0.2, 0.25) is 0 Å². The molecule has 0 aromatic rings. The fourth-order valence-electron chi connectivity index (χ4n) is 0. The molecule has 0 heterocycles. The smallest absolute Gasteiger partial charge is 0.187 e. The van der Waals surface area contributed by atoms with Gasteiger partial charge in [-0.25, -0.2) is 0 Å². The molecule has 0 aliphatic carbocycles. The van der Waals surface area contributed by atoms with Crippen LogP contribution in [0.25, 0.3) is 0 Å². The second-order valence-electron chi connectivity index (χ2n) is 0. The maximum atomic E-state index is 0. The van der Waals surface area contributed by atoms with Crippen LogP contribution >= 0.6 is 0 Å². The minimum absolute atomic E-state index is 0. The zero-order valence-corrected chi connectivity index (χ0v) is 4.48. The van der Waals surface area contributed by atoms with Crippen LogP contribution in [0.4, 0.5) is 0 Å². The van der Waals surface area contributed by atoms with Crippen molar-refractivity contribution in [3.63, 3.8) is 0 Å². The molecular weight excluding hydrogens is 135 g/mol. The normalized spacial score (nSPS) is 0. The van der Waals surface area contributed by atoms with Crippen LogP contribution < -0.4 is 12.3 Å². The molecule has 0 radical (unpaired) electrons. The Bertz CT molecular complexity index is 11.5. The van der Waals surface area contributed by atoms with Crippen molar-refractivity contribution in [3.05, 3.63) is 0 Å². The van der Waals surface area contributed by atoms with Gasteiger partial charge in [-0.2, -0.15) is 0 Å².